The Morgan fingerprint density at radius 2 is 1.89 bits per heavy atom. The van der Waals surface area contributed by atoms with E-state index in [1.165, 1.54) is 32.1 Å². The lowest BCUT2D eigenvalue weighted by atomic mass is 9.83. The van der Waals surface area contributed by atoms with Crippen molar-refractivity contribution in [2.24, 2.45) is 11.7 Å². The maximum Gasteiger partial charge on any atom is 0.148 e. The van der Waals surface area contributed by atoms with E-state index in [-0.39, 0.29) is 17.7 Å². The lowest BCUT2D eigenvalue weighted by Crippen LogP contribution is -2.43. The second-order valence-electron chi connectivity index (χ2n) is 6.73. The van der Waals surface area contributed by atoms with Crippen molar-refractivity contribution in [1.29, 1.82) is 0 Å². The molecule has 0 aromatic heterocycles. The average molecular weight is 271 g/mol. The molecule has 0 bridgehead atoms. The van der Waals surface area contributed by atoms with Crippen LogP contribution in [0.1, 0.15) is 58.8 Å². The molecule has 2 rings (SSSR count). The third-order valence-electron chi connectivity index (χ3n) is 4.76. The summed E-state index contributed by atoms with van der Waals surface area (Å²) in [6, 6.07) is -0.136. The van der Waals surface area contributed by atoms with Gasteiger partial charge in [-0.3, -0.25) is 0 Å². The van der Waals surface area contributed by atoms with Crippen molar-refractivity contribution < 1.29 is 14.6 Å². The van der Waals surface area contributed by atoms with Crippen molar-refractivity contribution in [3.05, 3.63) is 0 Å². The standard InChI is InChI=1S/C15H29NO3/c1-15(2)14(18-10-19-15)9-13(17)12(16)8-11-6-4-3-5-7-11/h11-14,17H,3-10,16H2,1-2H3/t12?,13?,14-/m1/s1. The maximum absolute atomic E-state index is 10.3. The molecule has 4 heteroatoms. The highest BCUT2D eigenvalue weighted by Gasteiger charge is 2.39. The summed E-state index contributed by atoms with van der Waals surface area (Å²) >= 11 is 0. The number of aliphatic hydroxyl groups excluding tert-OH is 1. The number of aliphatic hydroxyl groups is 1. The van der Waals surface area contributed by atoms with Crippen LogP contribution in [-0.2, 0) is 9.47 Å². The largest absolute Gasteiger partial charge is 0.391 e. The molecule has 2 aliphatic rings. The summed E-state index contributed by atoms with van der Waals surface area (Å²) in [6.07, 6.45) is 7.50. The van der Waals surface area contributed by atoms with Crippen LogP contribution in [0.25, 0.3) is 0 Å². The van der Waals surface area contributed by atoms with Crippen LogP contribution in [0.5, 0.6) is 0 Å². The van der Waals surface area contributed by atoms with E-state index < -0.39 is 6.10 Å². The third kappa shape index (κ3) is 4.15. The predicted molar refractivity (Wildman–Crippen MR) is 74.7 cm³/mol. The predicted octanol–water partition coefficient (Wildman–Crippen LogP) is 2.19. The van der Waals surface area contributed by atoms with Crippen LogP contribution in [-0.4, -0.2) is 35.8 Å². The van der Waals surface area contributed by atoms with Crippen molar-refractivity contribution in [1.82, 2.24) is 0 Å². The number of ether oxygens (including phenoxy) is 2. The van der Waals surface area contributed by atoms with Crippen LogP contribution in [0.4, 0.5) is 0 Å². The van der Waals surface area contributed by atoms with Crippen molar-refractivity contribution in [2.45, 2.75) is 82.6 Å². The minimum atomic E-state index is -0.493. The van der Waals surface area contributed by atoms with Crippen molar-refractivity contribution in [2.75, 3.05) is 6.79 Å². The van der Waals surface area contributed by atoms with E-state index in [0.717, 1.165) is 6.42 Å². The van der Waals surface area contributed by atoms with Crippen LogP contribution in [0.3, 0.4) is 0 Å². The first-order valence-corrected chi connectivity index (χ1v) is 7.68. The zero-order valence-electron chi connectivity index (χ0n) is 12.3. The van der Waals surface area contributed by atoms with Crippen LogP contribution < -0.4 is 5.73 Å². The van der Waals surface area contributed by atoms with Crippen molar-refractivity contribution >= 4 is 0 Å². The highest BCUT2D eigenvalue weighted by atomic mass is 16.7. The Labute approximate surface area is 116 Å². The van der Waals surface area contributed by atoms with Gasteiger partial charge in [-0.1, -0.05) is 32.1 Å². The fourth-order valence-corrected chi connectivity index (χ4v) is 3.27. The number of hydrogen-bond acceptors (Lipinski definition) is 4. The second kappa shape index (κ2) is 6.53. The van der Waals surface area contributed by atoms with Crippen LogP contribution in [0.15, 0.2) is 0 Å². The van der Waals surface area contributed by atoms with Gasteiger partial charge >= 0.3 is 0 Å². The van der Waals surface area contributed by atoms with Crippen molar-refractivity contribution in [3.8, 4) is 0 Å². The molecule has 19 heavy (non-hydrogen) atoms. The Hall–Kier alpha value is -0.160. The van der Waals surface area contributed by atoms with Crippen molar-refractivity contribution in [3.63, 3.8) is 0 Å². The van der Waals surface area contributed by atoms with E-state index in [9.17, 15) is 5.11 Å². The average Bonchev–Trinajstić information content (AvgIpc) is 2.70. The SMILES string of the molecule is CC1(C)OCO[C@@H]1CC(O)C(N)CC1CCCCC1. The highest BCUT2D eigenvalue weighted by molar-refractivity contribution is 4.88. The van der Waals surface area contributed by atoms with E-state index in [1.54, 1.807) is 0 Å². The molecule has 1 aliphatic heterocycles. The smallest absolute Gasteiger partial charge is 0.148 e. The summed E-state index contributed by atoms with van der Waals surface area (Å²) in [5.41, 5.74) is 5.85. The van der Waals surface area contributed by atoms with Gasteiger partial charge in [-0.05, 0) is 26.2 Å². The topological polar surface area (TPSA) is 64.7 Å². The van der Waals surface area contributed by atoms with Gasteiger partial charge in [0.2, 0.25) is 0 Å². The molecule has 1 saturated carbocycles. The number of hydrogen-bond donors (Lipinski definition) is 2. The molecule has 2 unspecified atom stereocenters. The molecular weight excluding hydrogens is 242 g/mol. The van der Waals surface area contributed by atoms with Crippen LogP contribution in [0.2, 0.25) is 0 Å². The maximum atomic E-state index is 10.3. The van der Waals surface area contributed by atoms with Gasteiger partial charge in [-0.15, -0.1) is 0 Å². The first-order chi connectivity index (χ1) is 8.99. The van der Waals surface area contributed by atoms with E-state index >= 15 is 0 Å². The first-order valence-electron chi connectivity index (χ1n) is 7.68. The minimum absolute atomic E-state index is 0.0556. The third-order valence-corrected chi connectivity index (χ3v) is 4.76. The molecule has 1 aliphatic carbocycles. The molecule has 112 valence electrons. The Balaban J connectivity index is 1.76. The summed E-state index contributed by atoms with van der Waals surface area (Å²) in [6.45, 7) is 4.33. The Bertz CT molecular complexity index is 277. The summed E-state index contributed by atoms with van der Waals surface area (Å²) in [4.78, 5) is 0. The van der Waals surface area contributed by atoms with E-state index in [2.05, 4.69) is 0 Å². The van der Waals surface area contributed by atoms with Crippen LogP contribution >= 0.6 is 0 Å². The number of nitrogens with two attached hydrogens (primary N) is 1. The second-order valence-corrected chi connectivity index (χ2v) is 6.73. The van der Waals surface area contributed by atoms with Gasteiger partial charge in [0.05, 0.1) is 17.8 Å². The molecule has 4 nitrogen and oxygen atoms in total. The lowest BCUT2D eigenvalue weighted by molar-refractivity contribution is 0.0117. The minimum Gasteiger partial charge on any atom is -0.391 e. The normalized spacial score (nSPS) is 31.3. The molecular formula is C15H29NO3. The molecule has 0 aromatic carbocycles. The fourth-order valence-electron chi connectivity index (χ4n) is 3.27. The van der Waals surface area contributed by atoms with E-state index in [1.807, 2.05) is 13.8 Å². The molecule has 1 saturated heterocycles. The monoisotopic (exact) mass is 271 g/mol. The first kappa shape index (κ1) is 15.2. The summed E-state index contributed by atoms with van der Waals surface area (Å²) in [5, 5.41) is 10.3. The molecule has 3 atom stereocenters. The van der Waals surface area contributed by atoms with Gasteiger partial charge in [-0.2, -0.15) is 0 Å². The molecule has 0 amide bonds. The summed E-state index contributed by atoms with van der Waals surface area (Å²) < 4.78 is 11.1. The molecule has 0 spiro atoms. The quantitative estimate of drug-likeness (QED) is 0.804. The van der Waals surface area contributed by atoms with E-state index in [0.29, 0.717) is 19.1 Å². The summed E-state index contributed by atoms with van der Waals surface area (Å²) in [7, 11) is 0. The van der Waals surface area contributed by atoms with E-state index in [4.69, 9.17) is 15.2 Å². The molecule has 0 aromatic rings. The Kier molecular flexibility index (Phi) is 5.23. The Morgan fingerprint density at radius 3 is 2.47 bits per heavy atom. The van der Waals surface area contributed by atoms with Gasteiger partial charge in [-0.25, -0.2) is 0 Å². The lowest BCUT2D eigenvalue weighted by Gasteiger charge is -2.30. The van der Waals surface area contributed by atoms with Gasteiger partial charge < -0.3 is 20.3 Å². The fraction of sp³-hybridized carbons (Fsp3) is 1.00. The Morgan fingerprint density at radius 1 is 1.21 bits per heavy atom. The van der Waals surface area contributed by atoms with Gasteiger partial charge in [0.25, 0.3) is 0 Å². The zero-order chi connectivity index (χ0) is 13.9. The zero-order valence-corrected chi connectivity index (χ0v) is 12.3. The van der Waals surface area contributed by atoms with Gasteiger partial charge in [0.15, 0.2) is 0 Å². The molecule has 1 heterocycles. The number of rotatable bonds is 5. The molecule has 3 N–H and O–H groups in total. The summed E-state index contributed by atoms with van der Waals surface area (Å²) in [5.74, 6) is 0.701. The molecule has 0 radical (unpaired) electrons. The molecule has 2 fully saturated rings. The highest BCUT2D eigenvalue weighted by Crippen LogP contribution is 2.31. The van der Waals surface area contributed by atoms with Crippen LogP contribution in [0, 0.1) is 5.92 Å². The van der Waals surface area contributed by atoms with Gasteiger partial charge in [0.1, 0.15) is 6.79 Å². The van der Waals surface area contributed by atoms with Gasteiger partial charge in [0, 0.05) is 12.5 Å².